The Hall–Kier alpha value is -2.69. The molecule has 1 heterocycles. The number of ether oxygens (including phenoxy) is 2. The van der Waals surface area contributed by atoms with Crippen molar-refractivity contribution in [1.29, 1.82) is 0 Å². The van der Waals surface area contributed by atoms with Gasteiger partial charge in [0.05, 0.1) is 18.2 Å². The molecule has 0 spiro atoms. The first kappa shape index (κ1) is 36.2. The van der Waals surface area contributed by atoms with Crippen molar-refractivity contribution in [2.75, 3.05) is 33.4 Å². The smallest absolute Gasteiger partial charge is 0.295 e. The van der Waals surface area contributed by atoms with Gasteiger partial charge in [0.1, 0.15) is 23.8 Å². The minimum atomic E-state index is -3.41. The number of nitrogens with zero attached hydrogens (tertiary/aromatic N) is 1. The molecule has 1 unspecified atom stereocenters. The second kappa shape index (κ2) is 18.0. The lowest BCUT2D eigenvalue weighted by Crippen LogP contribution is -2.41. The van der Waals surface area contributed by atoms with Gasteiger partial charge in [-0.3, -0.25) is 0 Å². The first-order valence-electron chi connectivity index (χ1n) is 16.1. The summed E-state index contributed by atoms with van der Waals surface area (Å²) < 4.78 is 44.6. The van der Waals surface area contributed by atoms with Crippen molar-refractivity contribution in [3.63, 3.8) is 0 Å². The maximum Gasteiger partial charge on any atom is 0.295 e. The Morgan fingerprint density at radius 3 is 2.24 bits per heavy atom. The van der Waals surface area contributed by atoms with Crippen LogP contribution in [0, 0.1) is 5.92 Å². The van der Waals surface area contributed by atoms with E-state index in [4.69, 9.17) is 26.8 Å². The molecule has 6 nitrogen and oxygen atoms in total. The number of alkyl halides is 2. The average Bonchev–Trinajstić information content (AvgIpc) is 3.08. The molecule has 0 bridgehead atoms. The van der Waals surface area contributed by atoms with Gasteiger partial charge >= 0.3 is 0 Å². The fourth-order valence-corrected chi connectivity index (χ4v) is 6.44. The van der Waals surface area contributed by atoms with E-state index in [0.717, 1.165) is 28.8 Å². The molecule has 1 aliphatic heterocycles. The summed E-state index contributed by atoms with van der Waals surface area (Å²) in [6.45, 7) is 5.39. The van der Waals surface area contributed by atoms with E-state index in [1.165, 1.54) is 70.2 Å². The molecule has 250 valence electrons. The molecule has 3 N–H and O–H groups in total. The first-order chi connectivity index (χ1) is 22.2. The molecular weight excluding hydrogens is 628 g/mol. The van der Waals surface area contributed by atoms with Gasteiger partial charge in [-0.1, -0.05) is 61.2 Å². The van der Waals surface area contributed by atoms with Crippen molar-refractivity contribution in [3.05, 3.63) is 77.3 Å². The van der Waals surface area contributed by atoms with Crippen LogP contribution in [-0.4, -0.2) is 56.6 Å². The Balaban J connectivity index is 0.000000523. The van der Waals surface area contributed by atoms with Gasteiger partial charge in [0, 0.05) is 16.5 Å². The van der Waals surface area contributed by atoms with Gasteiger partial charge in [-0.05, 0) is 118 Å². The highest BCUT2D eigenvalue weighted by atomic mass is 35.5. The number of carbonyl (C=O) groups excluding carboxylic acids is 1. The number of nitrogens with two attached hydrogens (primary N) is 1. The molecule has 1 aliphatic carbocycles. The van der Waals surface area contributed by atoms with E-state index in [2.05, 4.69) is 16.7 Å². The molecule has 0 radical (unpaired) electrons. The van der Waals surface area contributed by atoms with Crippen LogP contribution in [0.5, 0.6) is 11.5 Å². The van der Waals surface area contributed by atoms with Crippen molar-refractivity contribution in [3.8, 4) is 22.6 Å². The quantitative estimate of drug-likeness (QED) is 0.148. The van der Waals surface area contributed by atoms with Crippen LogP contribution in [0.15, 0.2) is 71.6 Å². The fourth-order valence-electron chi connectivity index (χ4n) is 5.53. The Labute approximate surface area is 281 Å². The van der Waals surface area contributed by atoms with Gasteiger partial charge in [0.15, 0.2) is 0 Å². The number of hydrogen-bond donors (Lipinski definition) is 2. The number of halogens is 3. The summed E-state index contributed by atoms with van der Waals surface area (Å²) in [5.74, 6) is -1.52. The summed E-state index contributed by atoms with van der Waals surface area (Å²) in [5, 5.41) is 0.484. The second-order valence-electron chi connectivity index (χ2n) is 12.0. The topological polar surface area (TPSA) is 76.8 Å². The van der Waals surface area contributed by atoms with Crippen LogP contribution in [0.25, 0.3) is 11.1 Å². The number of likely N-dealkylation sites (tertiary alicyclic amines) is 1. The van der Waals surface area contributed by atoms with E-state index in [9.17, 15) is 4.79 Å². The molecular formula is C36H46ClF2N3O3S. The van der Waals surface area contributed by atoms with E-state index in [-0.39, 0.29) is 11.8 Å². The summed E-state index contributed by atoms with van der Waals surface area (Å²) in [6.07, 6.45) is 8.85. The van der Waals surface area contributed by atoms with Crippen LogP contribution in [0.3, 0.4) is 0 Å². The number of rotatable bonds is 12. The van der Waals surface area contributed by atoms with Crippen LogP contribution in [0.4, 0.5) is 8.78 Å². The second-order valence-corrected chi connectivity index (χ2v) is 13.4. The molecule has 46 heavy (non-hydrogen) atoms. The number of benzene rings is 3. The maximum absolute atomic E-state index is 15.3. The largest absolute Gasteiger partial charge is 0.493 e. The molecule has 0 amide bonds. The highest BCUT2D eigenvalue weighted by Crippen LogP contribution is 2.36. The van der Waals surface area contributed by atoms with Crippen LogP contribution in [-0.2, 0) is 10.7 Å². The highest BCUT2D eigenvalue weighted by Gasteiger charge is 2.41. The minimum absolute atomic E-state index is 0.246. The van der Waals surface area contributed by atoms with Crippen LogP contribution < -0.4 is 19.9 Å². The van der Waals surface area contributed by atoms with Gasteiger partial charge in [0.2, 0.25) is 0 Å². The molecule has 3 aromatic carbocycles. The van der Waals surface area contributed by atoms with Gasteiger partial charge < -0.3 is 24.9 Å². The van der Waals surface area contributed by atoms with Gasteiger partial charge in [-0.2, -0.15) is 8.78 Å². The van der Waals surface area contributed by atoms with Crippen LogP contribution >= 0.6 is 23.5 Å². The third-order valence-corrected chi connectivity index (χ3v) is 9.65. The molecule has 1 atom stereocenters. The van der Waals surface area contributed by atoms with E-state index < -0.39 is 12.0 Å². The summed E-state index contributed by atoms with van der Waals surface area (Å²) in [5.41, 5.74) is 6.94. The minimum Gasteiger partial charge on any atom is -0.493 e. The predicted molar refractivity (Wildman–Crippen MR) is 184 cm³/mol. The van der Waals surface area contributed by atoms with Gasteiger partial charge in [-0.15, -0.1) is 0 Å². The van der Waals surface area contributed by atoms with Crippen molar-refractivity contribution < 1.29 is 23.0 Å². The molecule has 1 saturated heterocycles. The molecule has 2 fully saturated rings. The summed E-state index contributed by atoms with van der Waals surface area (Å²) in [7, 11) is 2.14. The Morgan fingerprint density at radius 1 is 0.978 bits per heavy atom. The third-order valence-electron chi connectivity index (χ3n) is 8.46. The number of carbonyl (C=O) groups is 1. The van der Waals surface area contributed by atoms with E-state index in [1.54, 1.807) is 42.5 Å². The van der Waals surface area contributed by atoms with Crippen LogP contribution in [0.1, 0.15) is 57.4 Å². The van der Waals surface area contributed by atoms with Gasteiger partial charge in [-0.25, -0.2) is 4.72 Å². The van der Waals surface area contributed by atoms with Crippen molar-refractivity contribution in [2.24, 2.45) is 11.7 Å². The van der Waals surface area contributed by atoms with Crippen molar-refractivity contribution in [2.45, 2.75) is 74.8 Å². The number of aldehydes is 1. The Bertz CT molecular complexity index is 1340. The zero-order chi connectivity index (χ0) is 32.9. The normalized spacial score (nSPS) is 17.1. The molecule has 3 aromatic rings. The van der Waals surface area contributed by atoms with Crippen molar-refractivity contribution >= 4 is 29.8 Å². The molecule has 10 heteroatoms. The Morgan fingerprint density at radius 2 is 1.63 bits per heavy atom. The van der Waals surface area contributed by atoms with E-state index in [0.29, 0.717) is 40.8 Å². The predicted octanol–water partition coefficient (Wildman–Crippen LogP) is 8.36. The lowest BCUT2D eigenvalue weighted by molar-refractivity contribution is -0.119. The SMILES string of the molecule is CCOc1cc(-c2ccc(C(F)(F)C(C=O)NSc3ccc(OCC4CCCCC4)cc3)cc2)ccc1Cl.CN1CCC(N)CC1. The zero-order valence-electron chi connectivity index (χ0n) is 26.7. The zero-order valence-corrected chi connectivity index (χ0v) is 28.3. The van der Waals surface area contributed by atoms with Crippen molar-refractivity contribution in [1.82, 2.24) is 9.62 Å². The Kier molecular flexibility index (Phi) is 14.2. The van der Waals surface area contributed by atoms with E-state index >= 15 is 8.78 Å². The molecule has 5 rings (SSSR count). The molecule has 1 saturated carbocycles. The molecule has 2 aliphatic rings. The number of piperidine rings is 1. The first-order valence-corrected chi connectivity index (χ1v) is 17.3. The highest BCUT2D eigenvalue weighted by molar-refractivity contribution is 7.97. The lowest BCUT2D eigenvalue weighted by atomic mass is 9.90. The monoisotopic (exact) mass is 673 g/mol. The average molecular weight is 674 g/mol. The lowest BCUT2D eigenvalue weighted by Gasteiger charge is -2.25. The summed E-state index contributed by atoms with van der Waals surface area (Å²) in [4.78, 5) is 14.7. The fraction of sp³-hybridized carbons (Fsp3) is 0.472. The van der Waals surface area contributed by atoms with E-state index in [1.807, 2.05) is 19.1 Å². The van der Waals surface area contributed by atoms with Gasteiger partial charge in [0.25, 0.3) is 5.92 Å². The van der Waals surface area contributed by atoms with Crippen LogP contribution in [0.2, 0.25) is 5.02 Å². The maximum atomic E-state index is 15.3. The summed E-state index contributed by atoms with van der Waals surface area (Å²) >= 11 is 7.14. The number of nitrogens with one attached hydrogen (secondary N) is 1. The molecule has 0 aromatic heterocycles. The standard InChI is InChI=1S/C30H32ClF2NO3S.C6H14N2/c1-2-36-28-18-23(10-17-27(28)31)22-8-11-24(12-9-22)30(32,33)29(19-35)34-38-26-15-13-25(14-16-26)37-20-21-6-4-3-5-7-21;1-8-4-2-6(7)3-5-8/h8-19,21,29,34H,2-7,20H2,1H3;6H,2-5,7H2,1H3. The summed E-state index contributed by atoms with van der Waals surface area (Å²) in [6, 6.07) is 17.2. The third kappa shape index (κ3) is 10.7. The number of hydrogen-bond acceptors (Lipinski definition) is 7.